The van der Waals surface area contributed by atoms with Crippen molar-refractivity contribution in [2.75, 3.05) is 0 Å². The molecule has 0 aromatic rings. The maximum atomic E-state index is 13.5. The van der Waals surface area contributed by atoms with E-state index in [1.807, 2.05) is 22.6 Å². The standard InChI is InChI=1S/C17H22F6I2N2O3/c1-13(24,17-25(26-17)27-17)12(28)30-11-7-3-4-8-9(11)5-2-6-10(8)14(29,15(18,19)20)16(21,22)23/h8-11,26-27,29H,2-7H2,1H3. The summed E-state index contributed by atoms with van der Waals surface area (Å²) in [7, 11) is 0. The van der Waals surface area contributed by atoms with Crippen LogP contribution in [0, 0.1) is 17.8 Å². The summed E-state index contributed by atoms with van der Waals surface area (Å²) in [6.45, 7) is 1.72. The van der Waals surface area contributed by atoms with Gasteiger partial charge in [0.05, 0.1) is 0 Å². The van der Waals surface area contributed by atoms with Crippen molar-refractivity contribution in [1.82, 2.24) is 7.06 Å². The molecule has 0 aromatic heterocycles. The zero-order valence-electron chi connectivity index (χ0n) is 15.8. The molecule has 0 bridgehead atoms. The molecule has 5 atom stereocenters. The number of ether oxygens (including phenoxy) is 1. The Balaban J connectivity index is 1.55. The second-order valence-electron chi connectivity index (χ2n) is 8.64. The number of nitrogens with one attached hydrogen (secondary N) is 2. The molecule has 2 saturated heterocycles. The average Bonchev–Trinajstić information content (AvgIpc) is 3.49. The summed E-state index contributed by atoms with van der Waals surface area (Å²) in [6, 6.07) is 0. The van der Waals surface area contributed by atoms with Gasteiger partial charge in [-0.15, -0.1) is 0 Å². The van der Waals surface area contributed by atoms with Crippen LogP contribution >= 0.6 is 43.0 Å². The molecular formula is C17H22F6I2N2O3. The molecular weight excluding hydrogens is 648 g/mol. The number of alkyl halides is 8. The van der Waals surface area contributed by atoms with E-state index in [9.17, 15) is 36.2 Å². The van der Waals surface area contributed by atoms with Crippen LogP contribution < -0.4 is 7.06 Å². The van der Waals surface area contributed by atoms with Gasteiger partial charge < -0.3 is 0 Å². The number of hydrogen-bond donors (Lipinski definition) is 3. The van der Waals surface area contributed by atoms with Gasteiger partial charge in [0.1, 0.15) is 0 Å². The van der Waals surface area contributed by atoms with Crippen LogP contribution in [0.15, 0.2) is 0 Å². The van der Waals surface area contributed by atoms with E-state index in [-0.39, 0.29) is 22.9 Å². The number of fused-ring (bicyclic) bond motifs is 2. The summed E-state index contributed by atoms with van der Waals surface area (Å²) in [5, 5.41) is 10.00. The van der Waals surface area contributed by atoms with Gasteiger partial charge in [-0.05, 0) is 0 Å². The molecule has 0 aromatic carbocycles. The Labute approximate surface area is 190 Å². The predicted octanol–water partition coefficient (Wildman–Crippen LogP) is 4.36. The van der Waals surface area contributed by atoms with Crippen LogP contribution in [0.4, 0.5) is 26.3 Å². The molecule has 0 amide bonds. The van der Waals surface area contributed by atoms with E-state index in [4.69, 9.17) is 4.74 Å². The summed E-state index contributed by atoms with van der Waals surface area (Å²) < 4.78 is 91.8. The van der Waals surface area contributed by atoms with Crippen LogP contribution in [0.5, 0.6) is 0 Å². The molecule has 5 unspecified atom stereocenters. The Bertz CT molecular complexity index is 711. The summed E-state index contributed by atoms with van der Waals surface area (Å²) in [6.07, 6.45) is -11.4. The Hall–Kier alpha value is 0.390. The molecule has 4 aliphatic rings. The first-order valence-electron chi connectivity index (χ1n) is 9.68. The van der Waals surface area contributed by atoms with Crippen molar-refractivity contribution in [2.24, 2.45) is 17.8 Å². The topological polar surface area (TPSA) is 90.4 Å². The van der Waals surface area contributed by atoms with Crippen LogP contribution in [-0.2, 0) is 9.53 Å². The molecule has 2 aliphatic heterocycles. The third-order valence-corrected chi connectivity index (χ3v) is 14.1. The fourth-order valence-electron chi connectivity index (χ4n) is 5.16. The van der Waals surface area contributed by atoms with Gasteiger partial charge in [-0.25, -0.2) is 0 Å². The van der Waals surface area contributed by atoms with Gasteiger partial charge in [-0.2, -0.15) is 0 Å². The third-order valence-electron chi connectivity index (χ3n) is 6.97. The van der Waals surface area contributed by atoms with Crippen LogP contribution in [0.3, 0.4) is 0 Å². The van der Waals surface area contributed by atoms with Gasteiger partial charge in [0.2, 0.25) is 0 Å². The van der Waals surface area contributed by atoms with Crippen LogP contribution in [-0.4, -0.2) is 42.2 Å². The number of aliphatic hydroxyl groups is 1. The first kappa shape index (κ1) is 23.5. The van der Waals surface area contributed by atoms with Gasteiger partial charge >= 0.3 is 191 Å². The third kappa shape index (κ3) is 3.38. The molecule has 0 radical (unpaired) electrons. The van der Waals surface area contributed by atoms with Gasteiger partial charge in [0.25, 0.3) is 0 Å². The summed E-state index contributed by atoms with van der Waals surface area (Å²) >= 11 is 0.539. The van der Waals surface area contributed by atoms with E-state index in [1.165, 1.54) is 0 Å². The van der Waals surface area contributed by atoms with E-state index in [0.29, 0.717) is 19.3 Å². The molecule has 2 aliphatic carbocycles. The van der Waals surface area contributed by atoms with Crippen LogP contribution in [0.1, 0.15) is 45.4 Å². The van der Waals surface area contributed by atoms with Crippen molar-refractivity contribution in [2.45, 2.75) is 76.6 Å². The fraction of sp³-hybridized carbons (Fsp3) is 0.941. The summed E-state index contributed by atoms with van der Waals surface area (Å²) in [5.41, 5.74) is -4.76. The number of hydrogen-bond acceptors (Lipinski definition) is 5. The first-order valence-corrected chi connectivity index (χ1v) is 14.0. The van der Waals surface area contributed by atoms with E-state index in [1.54, 1.807) is 6.92 Å². The average molecular weight is 670 g/mol. The van der Waals surface area contributed by atoms with E-state index < -0.39 is 71.6 Å². The van der Waals surface area contributed by atoms with Gasteiger partial charge in [-0.1, -0.05) is 0 Å². The van der Waals surface area contributed by atoms with Crippen molar-refractivity contribution >= 4 is 48.9 Å². The van der Waals surface area contributed by atoms with Crippen molar-refractivity contribution in [3.63, 3.8) is 0 Å². The quantitative estimate of drug-likeness (QED) is 0.0788. The minimum absolute atomic E-state index is 0.110. The second kappa shape index (κ2) is 7.19. The molecule has 13 heteroatoms. The van der Waals surface area contributed by atoms with Crippen LogP contribution in [0.25, 0.3) is 0 Å². The molecule has 4 fully saturated rings. The van der Waals surface area contributed by atoms with E-state index in [2.05, 4.69) is 7.06 Å². The molecule has 30 heavy (non-hydrogen) atoms. The molecule has 3 N–H and O–H groups in total. The van der Waals surface area contributed by atoms with Gasteiger partial charge in [0, 0.05) is 0 Å². The predicted molar refractivity (Wildman–Crippen MR) is 111 cm³/mol. The Morgan fingerprint density at radius 3 is 2.03 bits per heavy atom. The number of rotatable bonds is 4. The number of carbonyl (C=O) groups excluding carboxylic acids is 1. The second-order valence-corrected chi connectivity index (χ2v) is 15.1. The zero-order chi connectivity index (χ0) is 22.3. The van der Waals surface area contributed by atoms with E-state index >= 15 is 0 Å². The Morgan fingerprint density at radius 2 is 1.53 bits per heavy atom. The van der Waals surface area contributed by atoms with Gasteiger partial charge in [0.15, 0.2) is 0 Å². The maximum absolute atomic E-state index is 13.5. The molecule has 5 nitrogen and oxygen atoms in total. The molecule has 174 valence electrons. The zero-order valence-corrected chi connectivity index (χ0v) is 20.2. The molecule has 0 spiro atoms. The SMILES string of the molecule is CC(I)(C(=O)OC1CCCC2C1CCCC2C(O)(C(F)(F)F)C(F)(F)F)C12NI1N2. The monoisotopic (exact) mass is 670 g/mol. The van der Waals surface area contributed by atoms with Crippen molar-refractivity contribution < 1.29 is 41.0 Å². The number of carbonyl (C=O) groups is 1. The normalized spacial score (nSPS) is 36.2. The minimum atomic E-state index is -5.84. The Morgan fingerprint density at radius 1 is 1.03 bits per heavy atom. The van der Waals surface area contributed by atoms with E-state index in [0.717, 1.165) is 0 Å². The molecule has 4 rings (SSSR count). The number of esters is 1. The molecule has 2 heterocycles. The van der Waals surface area contributed by atoms with Crippen LogP contribution in [0.2, 0.25) is 0 Å². The fourth-order valence-corrected chi connectivity index (χ4v) is 12.9. The van der Waals surface area contributed by atoms with Gasteiger partial charge in [-0.3, -0.25) is 0 Å². The summed E-state index contributed by atoms with van der Waals surface area (Å²) in [5.74, 6) is -4.15. The Kier molecular flexibility index (Phi) is 5.64. The van der Waals surface area contributed by atoms with Crippen molar-refractivity contribution in [3.8, 4) is 0 Å². The first-order chi connectivity index (χ1) is 13.7. The molecule has 2 saturated carbocycles. The van der Waals surface area contributed by atoms with Crippen molar-refractivity contribution in [1.29, 1.82) is 0 Å². The number of halogens is 8. The summed E-state index contributed by atoms with van der Waals surface area (Å²) in [4.78, 5) is 12.8. The van der Waals surface area contributed by atoms with Crippen molar-refractivity contribution in [3.05, 3.63) is 0 Å².